The van der Waals surface area contributed by atoms with Crippen LogP contribution in [0.15, 0.2) is 24.3 Å². The molecule has 0 aliphatic heterocycles. The standard InChI is InChI=1S/C14H19NO4/c1-9(2)19-8-11-4-6-12(7-5-11)13(16)15-10(3)14(17)18/h4-7,9-10H,8H2,1-3H3,(H,15,16)(H,17,18). The molecule has 1 aromatic carbocycles. The van der Waals surface area contributed by atoms with Crippen molar-refractivity contribution in [3.63, 3.8) is 0 Å². The first kappa shape index (κ1) is 15.2. The molecule has 0 radical (unpaired) electrons. The zero-order valence-corrected chi connectivity index (χ0v) is 11.3. The summed E-state index contributed by atoms with van der Waals surface area (Å²) in [5.41, 5.74) is 1.40. The molecule has 2 N–H and O–H groups in total. The van der Waals surface area contributed by atoms with Crippen molar-refractivity contribution in [2.45, 2.75) is 39.5 Å². The Morgan fingerprint density at radius 1 is 1.21 bits per heavy atom. The highest BCUT2D eigenvalue weighted by Crippen LogP contribution is 2.07. The second kappa shape index (κ2) is 6.89. The molecule has 1 rings (SSSR count). The molecule has 0 saturated carbocycles. The molecule has 1 amide bonds. The Morgan fingerprint density at radius 3 is 2.26 bits per heavy atom. The van der Waals surface area contributed by atoms with E-state index in [9.17, 15) is 9.59 Å². The fourth-order valence-corrected chi connectivity index (χ4v) is 1.36. The number of hydrogen-bond donors (Lipinski definition) is 2. The lowest BCUT2D eigenvalue weighted by Crippen LogP contribution is -2.38. The number of carboxylic acid groups (broad SMARTS) is 1. The third-order valence-electron chi connectivity index (χ3n) is 2.52. The molecule has 5 heteroatoms. The van der Waals surface area contributed by atoms with Crippen LogP contribution in [0.3, 0.4) is 0 Å². The van der Waals surface area contributed by atoms with Crippen LogP contribution in [0.4, 0.5) is 0 Å². The number of aliphatic carboxylic acids is 1. The Labute approximate surface area is 112 Å². The van der Waals surface area contributed by atoms with Crippen molar-refractivity contribution in [3.05, 3.63) is 35.4 Å². The Hall–Kier alpha value is -1.88. The Morgan fingerprint density at radius 2 is 1.79 bits per heavy atom. The smallest absolute Gasteiger partial charge is 0.325 e. The van der Waals surface area contributed by atoms with Gasteiger partial charge < -0.3 is 15.2 Å². The third-order valence-corrected chi connectivity index (χ3v) is 2.52. The first-order valence-corrected chi connectivity index (χ1v) is 6.14. The van der Waals surface area contributed by atoms with E-state index in [4.69, 9.17) is 9.84 Å². The monoisotopic (exact) mass is 265 g/mol. The van der Waals surface area contributed by atoms with Crippen molar-refractivity contribution >= 4 is 11.9 Å². The first-order chi connectivity index (χ1) is 8.90. The SMILES string of the molecule is CC(C)OCc1ccc(C(=O)NC(C)C(=O)O)cc1. The van der Waals surface area contributed by atoms with E-state index < -0.39 is 17.9 Å². The van der Waals surface area contributed by atoms with Gasteiger partial charge in [-0.15, -0.1) is 0 Å². The molecule has 0 aromatic heterocycles. The molecular formula is C14H19NO4. The van der Waals surface area contributed by atoms with Crippen LogP contribution in [0, 0.1) is 0 Å². The summed E-state index contributed by atoms with van der Waals surface area (Å²) in [6.45, 7) is 5.82. The second-order valence-corrected chi connectivity index (χ2v) is 4.59. The van der Waals surface area contributed by atoms with Gasteiger partial charge in [-0.25, -0.2) is 0 Å². The summed E-state index contributed by atoms with van der Waals surface area (Å²) < 4.78 is 5.45. The molecule has 1 atom stereocenters. The van der Waals surface area contributed by atoms with Gasteiger partial charge in [0.25, 0.3) is 5.91 Å². The van der Waals surface area contributed by atoms with Gasteiger partial charge in [0.15, 0.2) is 0 Å². The van der Waals surface area contributed by atoms with E-state index in [0.29, 0.717) is 12.2 Å². The molecular weight excluding hydrogens is 246 g/mol. The Kier molecular flexibility index (Phi) is 5.51. The summed E-state index contributed by atoms with van der Waals surface area (Å²) in [6, 6.07) is 5.99. The molecule has 0 aliphatic carbocycles. The van der Waals surface area contributed by atoms with Crippen LogP contribution in [-0.4, -0.2) is 29.1 Å². The fraction of sp³-hybridized carbons (Fsp3) is 0.429. The van der Waals surface area contributed by atoms with Crippen LogP contribution in [-0.2, 0) is 16.1 Å². The maximum atomic E-state index is 11.7. The summed E-state index contributed by atoms with van der Waals surface area (Å²) in [4.78, 5) is 22.4. The maximum Gasteiger partial charge on any atom is 0.325 e. The number of hydrogen-bond acceptors (Lipinski definition) is 3. The zero-order chi connectivity index (χ0) is 14.4. The summed E-state index contributed by atoms with van der Waals surface area (Å²) in [6.07, 6.45) is 0.152. The van der Waals surface area contributed by atoms with E-state index in [0.717, 1.165) is 5.56 Å². The molecule has 0 bridgehead atoms. The van der Waals surface area contributed by atoms with Gasteiger partial charge in [0.2, 0.25) is 0 Å². The lowest BCUT2D eigenvalue weighted by atomic mass is 10.1. The molecule has 0 saturated heterocycles. The second-order valence-electron chi connectivity index (χ2n) is 4.59. The van der Waals surface area contributed by atoms with Gasteiger partial charge in [0, 0.05) is 5.56 Å². The van der Waals surface area contributed by atoms with E-state index in [1.165, 1.54) is 6.92 Å². The van der Waals surface area contributed by atoms with Crippen LogP contribution in [0.5, 0.6) is 0 Å². The van der Waals surface area contributed by atoms with Gasteiger partial charge in [-0.1, -0.05) is 12.1 Å². The van der Waals surface area contributed by atoms with E-state index in [1.807, 2.05) is 13.8 Å². The topological polar surface area (TPSA) is 75.6 Å². The van der Waals surface area contributed by atoms with Crippen LogP contribution in [0.2, 0.25) is 0 Å². The average Bonchev–Trinajstić information content (AvgIpc) is 2.36. The average molecular weight is 265 g/mol. The highest BCUT2D eigenvalue weighted by Gasteiger charge is 2.14. The summed E-state index contributed by atoms with van der Waals surface area (Å²) in [7, 11) is 0. The minimum absolute atomic E-state index is 0.152. The molecule has 104 valence electrons. The molecule has 19 heavy (non-hydrogen) atoms. The van der Waals surface area contributed by atoms with Crippen LogP contribution in [0.1, 0.15) is 36.7 Å². The van der Waals surface area contributed by atoms with Crippen molar-refractivity contribution in [3.8, 4) is 0 Å². The van der Waals surface area contributed by atoms with Gasteiger partial charge in [0.1, 0.15) is 6.04 Å². The van der Waals surface area contributed by atoms with Crippen molar-refractivity contribution in [1.82, 2.24) is 5.32 Å². The maximum absolute atomic E-state index is 11.7. The number of amides is 1. The number of carbonyl (C=O) groups is 2. The highest BCUT2D eigenvalue weighted by atomic mass is 16.5. The number of ether oxygens (including phenoxy) is 1. The minimum atomic E-state index is -1.06. The molecule has 0 fully saturated rings. The zero-order valence-electron chi connectivity index (χ0n) is 11.3. The molecule has 1 unspecified atom stereocenters. The number of nitrogens with one attached hydrogen (secondary N) is 1. The number of rotatable bonds is 6. The Balaban J connectivity index is 2.60. The van der Waals surface area contributed by atoms with Crippen LogP contribution >= 0.6 is 0 Å². The van der Waals surface area contributed by atoms with Gasteiger partial charge >= 0.3 is 5.97 Å². The first-order valence-electron chi connectivity index (χ1n) is 6.14. The van der Waals surface area contributed by atoms with Gasteiger partial charge in [0.05, 0.1) is 12.7 Å². The van der Waals surface area contributed by atoms with Crippen molar-refractivity contribution in [2.24, 2.45) is 0 Å². The van der Waals surface area contributed by atoms with E-state index in [1.54, 1.807) is 24.3 Å². The van der Waals surface area contributed by atoms with Gasteiger partial charge in [-0.3, -0.25) is 9.59 Å². The summed E-state index contributed by atoms with van der Waals surface area (Å²) >= 11 is 0. The molecule has 0 aliphatic rings. The van der Waals surface area contributed by atoms with Crippen LogP contribution < -0.4 is 5.32 Å². The summed E-state index contributed by atoms with van der Waals surface area (Å²) in [5.74, 6) is -1.46. The van der Waals surface area contributed by atoms with Gasteiger partial charge in [-0.05, 0) is 38.5 Å². The molecule has 0 heterocycles. The fourth-order valence-electron chi connectivity index (χ4n) is 1.36. The van der Waals surface area contributed by atoms with E-state index in [2.05, 4.69) is 5.32 Å². The highest BCUT2D eigenvalue weighted by molar-refractivity contribution is 5.96. The van der Waals surface area contributed by atoms with E-state index in [-0.39, 0.29) is 6.10 Å². The predicted octanol–water partition coefficient (Wildman–Crippen LogP) is 1.81. The largest absolute Gasteiger partial charge is 0.480 e. The van der Waals surface area contributed by atoms with Crippen molar-refractivity contribution in [1.29, 1.82) is 0 Å². The number of benzene rings is 1. The number of carboxylic acids is 1. The molecule has 5 nitrogen and oxygen atoms in total. The normalized spacial score (nSPS) is 12.2. The quantitative estimate of drug-likeness (QED) is 0.822. The molecule has 0 spiro atoms. The molecule has 1 aromatic rings. The van der Waals surface area contributed by atoms with E-state index >= 15 is 0 Å². The number of carbonyl (C=O) groups excluding carboxylic acids is 1. The lowest BCUT2D eigenvalue weighted by Gasteiger charge is -2.10. The lowest BCUT2D eigenvalue weighted by molar-refractivity contribution is -0.138. The van der Waals surface area contributed by atoms with Crippen LogP contribution in [0.25, 0.3) is 0 Å². The summed E-state index contributed by atoms with van der Waals surface area (Å²) in [5, 5.41) is 11.1. The van der Waals surface area contributed by atoms with Gasteiger partial charge in [-0.2, -0.15) is 0 Å². The minimum Gasteiger partial charge on any atom is -0.480 e. The third kappa shape index (κ3) is 5.09. The van der Waals surface area contributed by atoms with Crippen molar-refractivity contribution < 1.29 is 19.4 Å². The predicted molar refractivity (Wildman–Crippen MR) is 70.9 cm³/mol. The van der Waals surface area contributed by atoms with Crippen molar-refractivity contribution in [2.75, 3.05) is 0 Å². The Bertz CT molecular complexity index is 439.